The number of carbonyl (C=O) groups is 1. The monoisotopic (exact) mass is 407 g/mol. The molecule has 2 aliphatic rings. The van der Waals surface area contributed by atoms with Crippen LogP contribution in [-0.2, 0) is 4.79 Å². The minimum absolute atomic E-state index is 0.0557. The fraction of sp³-hybridized carbons (Fsp3) is 0.348. The Bertz CT molecular complexity index is 917. The molecular weight excluding hydrogens is 382 g/mol. The van der Waals surface area contributed by atoms with Gasteiger partial charge in [0.15, 0.2) is 5.66 Å². The van der Waals surface area contributed by atoms with Gasteiger partial charge in [0.05, 0.1) is 18.6 Å². The molecule has 29 heavy (non-hydrogen) atoms. The first-order valence-corrected chi connectivity index (χ1v) is 11.0. The average Bonchev–Trinajstić information content (AvgIpc) is 3.11. The predicted octanol–water partition coefficient (Wildman–Crippen LogP) is 4.93. The molecule has 2 aromatic carbocycles. The number of hydrogen-bond donors (Lipinski definition) is 1. The molecule has 0 atom stereocenters. The third-order valence-corrected chi connectivity index (χ3v) is 6.21. The lowest BCUT2D eigenvalue weighted by atomic mass is 9.90. The van der Waals surface area contributed by atoms with Crippen LogP contribution in [0.4, 0.5) is 5.69 Å². The molecule has 0 saturated heterocycles. The number of nitrogens with one attached hydrogen (secondary N) is 1. The van der Waals surface area contributed by atoms with Crippen LogP contribution in [0.5, 0.6) is 5.75 Å². The maximum absolute atomic E-state index is 12.5. The van der Waals surface area contributed by atoms with Crippen molar-refractivity contribution >= 4 is 34.1 Å². The van der Waals surface area contributed by atoms with Gasteiger partial charge in [0.25, 0.3) is 0 Å². The van der Waals surface area contributed by atoms with Crippen LogP contribution in [0, 0.1) is 0 Å². The summed E-state index contributed by atoms with van der Waals surface area (Å²) in [5, 5.41) is 3.81. The van der Waals surface area contributed by atoms with E-state index in [0.29, 0.717) is 5.75 Å². The quantitative estimate of drug-likeness (QED) is 0.764. The molecule has 0 unspecified atom stereocenters. The Morgan fingerprint density at radius 2 is 1.76 bits per heavy atom. The van der Waals surface area contributed by atoms with Gasteiger partial charge in [-0.05, 0) is 49.9 Å². The summed E-state index contributed by atoms with van der Waals surface area (Å²) in [5.41, 5.74) is 2.43. The molecule has 4 rings (SSSR count). The standard InChI is InChI=1S/C23H25N3O2S/c1-28-19-12-10-18(11-13-19)24-20(27)16-29-22-21(17-8-4-2-5-9-17)25-23(26-22)14-6-3-7-15-23/h2,4-5,8-13H,3,6-7,14-16H2,1H3,(H,24,27). The molecule has 150 valence electrons. The molecule has 0 bridgehead atoms. The van der Waals surface area contributed by atoms with E-state index in [9.17, 15) is 4.79 Å². The molecule has 1 saturated carbocycles. The fourth-order valence-electron chi connectivity index (χ4n) is 3.75. The highest BCUT2D eigenvalue weighted by Crippen LogP contribution is 2.38. The van der Waals surface area contributed by atoms with E-state index in [4.69, 9.17) is 14.7 Å². The van der Waals surface area contributed by atoms with Gasteiger partial charge in [-0.25, -0.2) is 4.99 Å². The summed E-state index contributed by atoms with van der Waals surface area (Å²) in [4.78, 5) is 22.6. The summed E-state index contributed by atoms with van der Waals surface area (Å²) in [6, 6.07) is 17.5. The summed E-state index contributed by atoms with van der Waals surface area (Å²) in [6.45, 7) is 0. The molecule has 2 aromatic rings. The molecular formula is C23H25N3O2S. The fourth-order valence-corrected chi connectivity index (χ4v) is 4.63. The summed E-state index contributed by atoms with van der Waals surface area (Å²) < 4.78 is 5.15. The van der Waals surface area contributed by atoms with Crippen LogP contribution in [0.3, 0.4) is 0 Å². The van der Waals surface area contributed by atoms with E-state index in [1.807, 2.05) is 42.5 Å². The summed E-state index contributed by atoms with van der Waals surface area (Å²) in [6.07, 6.45) is 5.55. The number of anilines is 1. The molecule has 1 spiro atoms. The maximum Gasteiger partial charge on any atom is 0.234 e. The lowest BCUT2D eigenvalue weighted by Gasteiger charge is -2.27. The molecule has 0 aromatic heterocycles. The molecule has 5 nitrogen and oxygen atoms in total. The summed E-state index contributed by atoms with van der Waals surface area (Å²) >= 11 is 1.47. The Kier molecular flexibility index (Phi) is 6.00. The molecule has 1 fully saturated rings. The average molecular weight is 408 g/mol. The van der Waals surface area contributed by atoms with Gasteiger partial charge in [-0.2, -0.15) is 0 Å². The molecule has 1 amide bonds. The minimum Gasteiger partial charge on any atom is -0.497 e. The van der Waals surface area contributed by atoms with Gasteiger partial charge >= 0.3 is 0 Å². The zero-order valence-corrected chi connectivity index (χ0v) is 17.4. The van der Waals surface area contributed by atoms with Crippen molar-refractivity contribution in [3.05, 3.63) is 60.2 Å². The van der Waals surface area contributed by atoms with Gasteiger partial charge < -0.3 is 10.1 Å². The number of methoxy groups -OCH3 is 1. The van der Waals surface area contributed by atoms with Crippen molar-refractivity contribution in [3.63, 3.8) is 0 Å². The number of carbonyl (C=O) groups excluding carboxylic acids is 1. The van der Waals surface area contributed by atoms with E-state index in [1.54, 1.807) is 7.11 Å². The number of rotatable bonds is 5. The van der Waals surface area contributed by atoms with Gasteiger partial charge in [0.1, 0.15) is 10.8 Å². The van der Waals surface area contributed by atoms with Crippen LogP contribution in [0.2, 0.25) is 0 Å². The minimum atomic E-state index is -0.321. The molecule has 1 aliphatic carbocycles. The van der Waals surface area contributed by atoms with Crippen molar-refractivity contribution in [2.75, 3.05) is 18.2 Å². The highest BCUT2D eigenvalue weighted by atomic mass is 32.2. The second kappa shape index (κ2) is 8.82. The molecule has 1 heterocycles. The van der Waals surface area contributed by atoms with Crippen LogP contribution >= 0.6 is 11.8 Å². The number of thioether (sulfide) groups is 1. The normalized spacial score (nSPS) is 17.6. The number of benzene rings is 2. The van der Waals surface area contributed by atoms with Crippen molar-refractivity contribution in [3.8, 4) is 5.75 Å². The number of amides is 1. The number of ether oxygens (including phenoxy) is 1. The van der Waals surface area contributed by atoms with Crippen molar-refractivity contribution in [2.24, 2.45) is 9.98 Å². The lowest BCUT2D eigenvalue weighted by molar-refractivity contribution is -0.113. The number of hydrogen-bond acceptors (Lipinski definition) is 5. The maximum atomic E-state index is 12.5. The van der Waals surface area contributed by atoms with E-state index in [-0.39, 0.29) is 11.6 Å². The Hall–Kier alpha value is -2.60. The third-order valence-electron chi connectivity index (χ3n) is 5.25. The van der Waals surface area contributed by atoms with Crippen molar-refractivity contribution in [1.29, 1.82) is 0 Å². The lowest BCUT2D eigenvalue weighted by Crippen LogP contribution is -2.25. The van der Waals surface area contributed by atoms with Crippen molar-refractivity contribution < 1.29 is 9.53 Å². The first kappa shape index (κ1) is 19.7. The Balaban J connectivity index is 1.46. The van der Waals surface area contributed by atoms with Gasteiger partial charge in [-0.3, -0.25) is 9.79 Å². The molecule has 0 radical (unpaired) electrons. The zero-order valence-electron chi connectivity index (χ0n) is 16.6. The van der Waals surface area contributed by atoms with Crippen LogP contribution in [0.1, 0.15) is 37.7 Å². The highest BCUT2D eigenvalue weighted by Gasteiger charge is 2.37. The van der Waals surface area contributed by atoms with Crippen LogP contribution in [-0.4, -0.2) is 35.2 Å². The van der Waals surface area contributed by atoms with E-state index >= 15 is 0 Å². The zero-order chi connectivity index (χ0) is 20.1. The highest BCUT2D eigenvalue weighted by molar-refractivity contribution is 8.16. The third kappa shape index (κ3) is 4.70. The largest absolute Gasteiger partial charge is 0.497 e. The Labute approximate surface area is 175 Å². The predicted molar refractivity (Wildman–Crippen MR) is 120 cm³/mol. The molecule has 1 N–H and O–H groups in total. The van der Waals surface area contributed by atoms with Gasteiger partial charge in [-0.15, -0.1) is 0 Å². The van der Waals surface area contributed by atoms with Crippen LogP contribution in [0.15, 0.2) is 64.6 Å². The van der Waals surface area contributed by atoms with Crippen LogP contribution < -0.4 is 10.1 Å². The van der Waals surface area contributed by atoms with Crippen molar-refractivity contribution in [2.45, 2.75) is 37.8 Å². The van der Waals surface area contributed by atoms with Gasteiger partial charge in [0.2, 0.25) is 5.91 Å². The second-order valence-electron chi connectivity index (χ2n) is 7.35. The SMILES string of the molecule is COc1ccc(NC(=O)CSC2=NC3(CCCCC3)N=C2c2ccccc2)cc1. The topological polar surface area (TPSA) is 63.0 Å². The Morgan fingerprint density at radius 1 is 1.03 bits per heavy atom. The van der Waals surface area contributed by atoms with Crippen LogP contribution in [0.25, 0.3) is 0 Å². The van der Waals surface area contributed by atoms with Gasteiger partial charge in [-0.1, -0.05) is 48.5 Å². The first-order chi connectivity index (χ1) is 14.2. The van der Waals surface area contributed by atoms with Crippen molar-refractivity contribution in [1.82, 2.24) is 0 Å². The Morgan fingerprint density at radius 3 is 2.45 bits per heavy atom. The molecule has 6 heteroatoms. The summed E-state index contributed by atoms with van der Waals surface area (Å²) in [5.74, 6) is 1.01. The summed E-state index contributed by atoms with van der Waals surface area (Å²) in [7, 11) is 1.62. The first-order valence-electron chi connectivity index (χ1n) is 10.00. The molecule has 1 aliphatic heterocycles. The number of nitrogens with zero attached hydrogens (tertiary/aromatic N) is 2. The van der Waals surface area contributed by atoms with E-state index < -0.39 is 0 Å². The second-order valence-corrected chi connectivity index (χ2v) is 8.32. The number of aliphatic imine (C=N–C) groups is 2. The smallest absolute Gasteiger partial charge is 0.234 e. The van der Waals surface area contributed by atoms with E-state index in [0.717, 1.165) is 53.4 Å². The van der Waals surface area contributed by atoms with Gasteiger partial charge in [0, 0.05) is 11.3 Å². The van der Waals surface area contributed by atoms with E-state index in [1.165, 1.54) is 18.2 Å². The van der Waals surface area contributed by atoms with E-state index in [2.05, 4.69) is 17.4 Å².